The number of aryl methyl sites for hydroxylation is 2. The van der Waals surface area contributed by atoms with Gasteiger partial charge in [0.1, 0.15) is 5.75 Å². The molecule has 0 saturated heterocycles. The van der Waals surface area contributed by atoms with Crippen molar-refractivity contribution in [1.29, 1.82) is 0 Å². The summed E-state index contributed by atoms with van der Waals surface area (Å²) in [6.07, 6.45) is 0. The first-order valence-electron chi connectivity index (χ1n) is 10.1. The van der Waals surface area contributed by atoms with Crippen molar-refractivity contribution in [3.63, 3.8) is 0 Å². The summed E-state index contributed by atoms with van der Waals surface area (Å²) in [7, 11) is -2.18. The summed E-state index contributed by atoms with van der Waals surface area (Å²) in [5.41, 5.74) is 4.43. The maximum Gasteiger partial charge on any atom is 0.241 e. The largest absolute Gasteiger partial charge is 0.496 e. The van der Waals surface area contributed by atoms with Crippen molar-refractivity contribution < 1.29 is 13.2 Å². The maximum absolute atomic E-state index is 13.5. The van der Waals surface area contributed by atoms with Crippen molar-refractivity contribution in [2.45, 2.75) is 44.6 Å². The molecule has 3 aromatic carbocycles. The molecule has 0 spiro atoms. The summed E-state index contributed by atoms with van der Waals surface area (Å²) in [4.78, 5) is 0.278. The molecule has 4 nitrogen and oxygen atoms in total. The molecule has 0 aliphatic rings. The van der Waals surface area contributed by atoms with Crippen LogP contribution >= 0.6 is 0 Å². The first-order valence-corrected chi connectivity index (χ1v) is 11.5. The van der Waals surface area contributed by atoms with Crippen LogP contribution in [0.1, 0.15) is 53.6 Å². The molecule has 0 bridgehead atoms. The maximum atomic E-state index is 13.5. The van der Waals surface area contributed by atoms with Gasteiger partial charge in [-0.15, -0.1) is 0 Å². The Morgan fingerprint density at radius 2 is 1.47 bits per heavy atom. The Hall–Kier alpha value is -2.63. The Bertz CT molecular complexity index is 1110. The van der Waals surface area contributed by atoms with E-state index >= 15 is 0 Å². The van der Waals surface area contributed by atoms with Crippen LogP contribution in [0.4, 0.5) is 0 Å². The van der Waals surface area contributed by atoms with Gasteiger partial charge < -0.3 is 4.74 Å². The third kappa shape index (κ3) is 4.74. The fraction of sp³-hybridized carbons (Fsp3) is 0.280. The fourth-order valence-corrected chi connectivity index (χ4v) is 5.02. The van der Waals surface area contributed by atoms with Gasteiger partial charge >= 0.3 is 0 Å². The van der Waals surface area contributed by atoms with Crippen LogP contribution in [0.5, 0.6) is 5.75 Å². The predicted molar refractivity (Wildman–Crippen MR) is 122 cm³/mol. The van der Waals surface area contributed by atoms with Crippen LogP contribution in [0.15, 0.2) is 71.6 Å². The lowest BCUT2D eigenvalue weighted by Crippen LogP contribution is -2.30. The minimum Gasteiger partial charge on any atom is -0.496 e. The van der Waals surface area contributed by atoms with Crippen molar-refractivity contribution in [2.75, 3.05) is 7.11 Å². The van der Waals surface area contributed by atoms with Gasteiger partial charge in [0.15, 0.2) is 0 Å². The normalized spacial score (nSPS) is 12.7. The Balaban J connectivity index is 2.08. The molecular formula is C25H29NO3S. The van der Waals surface area contributed by atoms with Crippen molar-refractivity contribution in [1.82, 2.24) is 4.72 Å². The number of nitrogens with one attached hydrogen (secondary N) is 1. The van der Waals surface area contributed by atoms with Crippen LogP contribution in [0.3, 0.4) is 0 Å². The molecular weight excluding hydrogens is 394 g/mol. The third-order valence-corrected chi connectivity index (χ3v) is 6.82. The number of methoxy groups -OCH3 is 1. The standard InChI is InChI=1S/C25H29NO3S/c1-17(2)22-16-24(19(4)15-23(22)29-5)30(27,28)26-25(20-9-7-6-8-10-20)21-13-11-18(3)12-14-21/h6-17,25-26H,1-5H3. The second-order valence-corrected chi connectivity index (χ2v) is 9.57. The fourth-order valence-electron chi connectivity index (χ4n) is 3.55. The highest BCUT2D eigenvalue weighted by Gasteiger charge is 2.26. The molecule has 3 aromatic rings. The van der Waals surface area contributed by atoms with E-state index in [9.17, 15) is 8.42 Å². The van der Waals surface area contributed by atoms with E-state index in [1.54, 1.807) is 26.2 Å². The molecule has 3 rings (SSSR count). The highest BCUT2D eigenvalue weighted by Crippen LogP contribution is 2.33. The van der Waals surface area contributed by atoms with Gasteiger partial charge in [0, 0.05) is 0 Å². The summed E-state index contributed by atoms with van der Waals surface area (Å²) in [6, 6.07) is 20.6. The monoisotopic (exact) mass is 423 g/mol. The van der Waals surface area contributed by atoms with Crippen molar-refractivity contribution in [2.24, 2.45) is 0 Å². The second-order valence-electron chi connectivity index (χ2n) is 7.89. The van der Waals surface area contributed by atoms with Gasteiger partial charge in [0.05, 0.1) is 18.0 Å². The highest BCUT2D eigenvalue weighted by atomic mass is 32.2. The van der Waals surface area contributed by atoms with Crippen LogP contribution in [0.2, 0.25) is 0 Å². The lowest BCUT2D eigenvalue weighted by atomic mass is 9.99. The van der Waals surface area contributed by atoms with Gasteiger partial charge in [-0.25, -0.2) is 8.42 Å². The summed E-state index contributed by atoms with van der Waals surface area (Å²) in [5, 5.41) is 0. The smallest absolute Gasteiger partial charge is 0.241 e. The van der Waals surface area contributed by atoms with E-state index in [2.05, 4.69) is 4.72 Å². The Morgan fingerprint density at radius 1 is 0.867 bits per heavy atom. The highest BCUT2D eigenvalue weighted by molar-refractivity contribution is 7.89. The van der Waals surface area contributed by atoms with Crippen molar-refractivity contribution in [3.8, 4) is 5.75 Å². The molecule has 0 aliphatic heterocycles. The molecule has 0 aromatic heterocycles. The summed E-state index contributed by atoms with van der Waals surface area (Å²) >= 11 is 0. The van der Waals surface area contributed by atoms with Crippen molar-refractivity contribution >= 4 is 10.0 Å². The number of rotatable bonds is 7. The Kier molecular flexibility index (Phi) is 6.64. The Morgan fingerprint density at radius 3 is 2.03 bits per heavy atom. The third-order valence-electron chi connectivity index (χ3n) is 5.26. The van der Waals surface area contributed by atoms with Gasteiger partial charge in [-0.05, 0) is 54.2 Å². The zero-order chi connectivity index (χ0) is 21.9. The van der Waals surface area contributed by atoms with Crippen molar-refractivity contribution in [3.05, 3.63) is 94.5 Å². The van der Waals surface area contributed by atoms with E-state index in [1.807, 2.05) is 75.4 Å². The number of benzene rings is 3. The number of ether oxygens (including phenoxy) is 1. The summed E-state index contributed by atoms with van der Waals surface area (Å²) in [5.74, 6) is 0.844. The molecule has 0 fully saturated rings. The van der Waals surface area contributed by atoms with Gasteiger partial charge in [-0.3, -0.25) is 0 Å². The first kappa shape index (κ1) is 22.1. The van der Waals surface area contributed by atoms with Crippen LogP contribution in [0.25, 0.3) is 0 Å². The van der Waals surface area contributed by atoms with Gasteiger partial charge in [0.2, 0.25) is 10.0 Å². The molecule has 0 aliphatic carbocycles. The molecule has 1 N–H and O–H groups in total. The molecule has 0 amide bonds. The van der Waals surface area contributed by atoms with Crippen LogP contribution < -0.4 is 9.46 Å². The molecule has 5 heteroatoms. The van der Waals surface area contributed by atoms with Crippen LogP contribution in [0, 0.1) is 13.8 Å². The zero-order valence-electron chi connectivity index (χ0n) is 18.1. The Labute approximate surface area is 180 Å². The predicted octanol–water partition coefficient (Wildman–Crippen LogP) is 5.50. The van der Waals surface area contributed by atoms with E-state index in [1.165, 1.54) is 0 Å². The van der Waals surface area contributed by atoms with E-state index in [-0.39, 0.29) is 10.8 Å². The molecule has 158 valence electrons. The van der Waals surface area contributed by atoms with E-state index < -0.39 is 16.1 Å². The second kappa shape index (κ2) is 9.02. The first-order chi connectivity index (χ1) is 14.2. The summed E-state index contributed by atoms with van der Waals surface area (Å²) < 4.78 is 35.4. The number of hydrogen-bond acceptors (Lipinski definition) is 3. The molecule has 1 atom stereocenters. The van der Waals surface area contributed by atoms with E-state index in [0.29, 0.717) is 11.3 Å². The molecule has 30 heavy (non-hydrogen) atoms. The molecule has 0 radical (unpaired) electrons. The average molecular weight is 424 g/mol. The van der Waals surface area contributed by atoms with E-state index in [0.717, 1.165) is 22.3 Å². The lowest BCUT2D eigenvalue weighted by Gasteiger charge is -2.22. The summed E-state index contributed by atoms with van der Waals surface area (Å²) in [6.45, 7) is 7.86. The number of hydrogen-bond donors (Lipinski definition) is 1. The quantitative estimate of drug-likeness (QED) is 0.546. The topological polar surface area (TPSA) is 55.4 Å². The van der Waals surface area contributed by atoms with Gasteiger partial charge in [-0.1, -0.05) is 74.0 Å². The molecule has 0 heterocycles. The minimum atomic E-state index is -3.78. The van der Waals surface area contributed by atoms with Crippen LogP contribution in [-0.4, -0.2) is 15.5 Å². The molecule has 1 unspecified atom stereocenters. The van der Waals surface area contributed by atoms with Crippen LogP contribution in [-0.2, 0) is 10.0 Å². The number of sulfonamides is 1. The van der Waals surface area contributed by atoms with Gasteiger partial charge in [0.25, 0.3) is 0 Å². The SMILES string of the molecule is COc1cc(C)c(S(=O)(=O)NC(c2ccccc2)c2ccc(C)cc2)cc1C(C)C. The van der Waals surface area contributed by atoms with E-state index in [4.69, 9.17) is 4.74 Å². The average Bonchev–Trinajstić information content (AvgIpc) is 2.72. The molecule has 0 saturated carbocycles. The zero-order valence-corrected chi connectivity index (χ0v) is 19.0. The minimum absolute atomic E-state index is 0.136. The lowest BCUT2D eigenvalue weighted by molar-refractivity contribution is 0.406. The van der Waals surface area contributed by atoms with Gasteiger partial charge in [-0.2, -0.15) is 4.72 Å².